The molecule has 0 atom stereocenters. The molecule has 0 radical (unpaired) electrons. The first-order valence-corrected chi connectivity index (χ1v) is 9.26. The third kappa shape index (κ3) is 5.46. The molecule has 132 valence electrons. The Morgan fingerprint density at radius 1 is 0.923 bits per heavy atom. The van der Waals surface area contributed by atoms with Crippen molar-refractivity contribution in [1.29, 1.82) is 0 Å². The molecule has 1 aliphatic rings. The Hall–Kier alpha value is -1.58. The zero-order valence-corrected chi connectivity index (χ0v) is 17.3. The van der Waals surface area contributed by atoms with Crippen LogP contribution in [-0.4, -0.2) is 50.0 Å². The molecule has 1 amide bonds. The van der Waals surface area contributed by atoms with Crippen LogP contribution in [0.3, 0.4) is 0 Å². The zero-order valence-electron chi connectivity index (χ0n) is 14.5. The van der Waals surface area contributed by atoms with E-state index in [0.717, 1.165) is 5.69 Å². The van der Waals surface area contributed by atoms with Crippen molar-refractivity contribution in [2.75, 3.05) is 35.8 Å². The van der Waals surface area contributed by atoms with Gasteiger partial charge in [-0.3, -0.25) is 9.52 Å². The van der Waals surface area contributed by atoms with Gasteiger partial charge in [0, 0.05) is 43.1 Å². The van der Waals surface area contributed by atoms with Gasteiger partial charge in [-0.15, -0.1) is 0 Å². The van der Waals surface area contributed by atoms with E-state index >= 15 is 0 Å². The number of rotatable bonds is 4. The number of anilines is 2. The molecule has 1 saturated heterocycles. The van der Waals surface area contributed by atoms with Crippen molar-refractivity contribution in [3.05, 3.63) is 60.2 Å². The summed E-state index contributed by atoms with van der Waals surface area (Å²) in [5.74, 6) is 0.0282. The van der Waals surface area contributed by atoms with Gasteiger partial charge in [0.2, 0.25) is 0 Å². The van der Waals surface area contributed by atoms with E-state index in [-0.39, 0.29) is 41.2 Å². The second-order valence-electron chi connectivity index (χ2n) is 5.75. The summed E-state index contributed by atoms with van der Waals surface area (Å²) in [5, 5.41) is 0. The third-order valence-corrected chi connectivity index (χ3v) is 4.55. The molecule has 0 spiro atoms. The number of amides is 1. The minimum Gasteiger partial charge on any atom is -0.731 e. The Bertz CT molecular complexity index is 836. The van der Waals surface area contributed by atoms with Gasteiger partial charge >= 0.3 is 29.6 Å². The maximum atomic E-state index is 12.4. The van der Waals surface area contributed by atoms with Crippen LogP contribution in [-0.2, 0) is 10.3 Å². The van der Waals surface area contributed by atoms with Gasteiger partial charge in [0.15, 0.2) is 10.3 Å². The molecule has 3 rings (SSSR count). The van der Waals surface area contributed by atoms with E-state index < -0.39 is 10.3 Å². The summed E-state index contributed by atoms with van der Waals surface area (Å²) in [5.41, 5.74) is 1.84. The maximum Gasteiger partial charge on any atom is 1.00 e. The van der Waals surface area contributed by atoms with Crippen LogP contribution >= 0.6 is 0 Å². The van der Waals surface area contributed by atoms with E-state index in [1.54, 1.807) is 24.3 Å². The normalized spacial score (nSPS) is 14.5. The molecular formula is C17H18N3NaO4S. The molecule has 1 N–H and O–H groups in total. The fourth-order valence-corrected chi connectivity index (χ4v) is 3.24. The maximum absolute atomic E-state index is 12.4. The number of nitrogens with zero attached hydrogens (tertiary/aromatic N) is 2. The van der Waals surface area contributed by atoms with Crippen molar-refractivity contribution in [3.8, 4) is 0 Å². The van der Waals surface area contributed by atoms with Crippen molar-refractivity contribution >= 4 is 27.6 Å². The number of benzene rings is 2. The number of hydrogen-bond donors (Lipinski definition) is 1. The predicted octanol–water partition coefficient (Wildman–Crippen LogP) is -1.47. The Kier molecular flexibility index (Phi) is 7.08. The summed E-state index contributed by atoms with van der Waals surface area (Å²) in [4.78, 5) is 16.4. The van der Waals surface area contributed by atoms with Crippen LogP contribution in [0.2, 0.25) is 0 Å². The van der Waals surface area contributed by atoms with E-state index in [1.807, 2.05) is 40.0 Å². The second-order valence-corrected chi connectivity index (χ2v) is 6.86. The van der Waals surface area contributed by atoms with E-state index in [9.17, 15) is 17.8 Å². The molecule has 0 bridgehead atoms. The Morgan fingerprint density at radius 2 is 1.50 bits per heavy atom. The Balaban J connectivity index is 0.00000243. The fourth-order valence-electron chi connectivity index (χ4n) is 2.82. The number of carbonyl (C=O) groups is 1. The largest absolute Gasteiger partial charge is 1.00 e. The van der Waals surface area contributed by atoms with E-state index in [2.05, 4.69) is 4.90 Å². The van der Waals surface area contributed by atoms with Crippen LogP contribution in [0.1, 0.15) is 10.4 Å². The predicted molar refractivity (Wildman–Crippen MR) is 94.3 cm³/mol. The molecule has 2 aromatic rings. The van der Waals surface area contributed by atoms with Crippen LogP contribution in [0, 0.1) is 0 Å². The van der Waals surface area contributed by atoms with Crippen molar-refractivity contribution in [1.82, 2.24) is 4.90 Å². The molecule has 9 heteroatoms. The first-order valence-electron chi connectivity index (χ1n) is 7.85. The molecule has 0 saturated carbocycles. The van der Waals surface area contributed by atoms with Crippen LogP contribution in [0.5, 0.6) is 0 Å². The van der Waals surface area contributed by atoms with Crippen LogP contribution < -0.4 is 39.2 Å². The van der Waals surface area contributed by atoms with Gasteiger partial charge in [0.1, 0.15) is 0 Å². The average Bonchev–Trinajstić information content (AvgIpc) is 2.61. The van der Waals surface area contributed by atoms with Crippen molar-refractivity contribution in [2.24, 2.45) is 0 Å². The second kappa shape index (κ2) is 8.88. The van der Waals surface area contributed by atoms with Crippen molar-refractivity contribution < 1.29 is 47.3 Å². The van der Waals surface area contributed by atoms with Crippen molar-refractivity contribution in [3.63, 3.8) is 0 Å². The minimum atomic E-state index is -4.52. The molecule has 7 nitrogen and oxygen atoms in total. The summed E-state index contributed by atoms with van der Waals surface area (Å²) in [6, 6.07) is 15.8. The fraction of sp³-hybridized carbons (Fsp3) is 0.235. The quantitative estimate of drug-likeness (QED) is 0.514. The van der Waals surface area contributed by atoms with Gasteiger partial charge < -0.3 is 14.4 Å². The van der Waals surface area contributed by atoms with Gasteiger partial charge in [-0.25, -0.2) is 8.42 Å². The summed E-state index contributed by atoms with van der Waals surface area (Å²) in [6.07, 6.45) is 0. The average molecular weight is 383 g/mol. The van der Waals surface area contributed by atoms with Crippen LogP contribution in [0.15, 0.2) is 54.6 Å². The summed E-state index contributed by atoms with van der Waals surface area (Å²) in [6.45, 7) is 2.60. The summed E-state index contributed by atoms with van der Waals surface area (Å²) < 4.78 is 34.0. The Labute approximate surface area is 175 Å². The summed E-state index contributed by atoms with van der Waals surface area (Å²) in [7, 11) is -4.52. The molecule has 2 aromatic carbocycles. The van der Waals surface area contributed by atoms with Crippen LogP contribution in [0.4, 0.5) is 11.4 Å². The molecule has 0 aromatic heterocycles. The molecule has 1 aliphatic heterocycles. The molecule has 26 heavy (non-hydrogen) atoms. The molecule has 1 fully saturated rings. The first-order chi connectivity index (χ1) is 11.9. The van der Waals surface area contributed by atoms with Gasteiger partial charge in [0.05, 0.1) is 0 Å². The Morgan fingerprint density at radius 3 is 2.04 bits per heavy atom. The van der Waals surface area contributed by atoms with Crippen molar-refractivity contribution in [2.45, 2.75) is 0 Å². The monoisotopic (exact) mass is 383 g/mol. The molecule has 0 aliphatic carbocycles. The first kappa shape index (κ1) is 20.7. The standard InChI is InChI=1S/C17H19N3O4S.Na/c21-17(14-4-2-1-3-5-14)20-12-10-19(11-13-20)16-8-6-15(7-9-16)18-25(22,23)24;/h1-9,18H,10-13H2,(H,22,23,24);/q;+1/p-1. The molecule has 0 unspecified atom stereocenters. The summed E-state index contributed by atoms with van der Waals surface area (Å²) >= 11 is 0. The van der Waals surface area contributed by atoms with Gasteiger partial charge in [0.25, 0.3) is 5.91 Å². The van der Waals surface area contributed by atoms with E-state index in [0.29, 0.717) is 31.7 Å². The van der Waals surface area contributed by atoms with E-state index in [1.165, 1.54) is 0 Å². The topological polar surface area (TPSA) is 92.8 Å². The zero-order chi connectivity index (χ0) is 17.9. The number of hydrogen-bond acceptors (Lipinski definition) is 5. The number of carbonyl (C=O) groups excluding carboxylic acids is 1. The van der Waals surface area contributed by atoms with E-state index in [4.69, 9.17) is 0 Å². The van der Waals surface area contributed by atoms with Gasteiger partial charge in [-0.1, -0.05) is 18.2 Å². The smallest absolute Gasteiger partial charge is 0.731 e. The number of nitrogens with one attached hydrogen (secondary N) is 1. The third-order valence-electron chi connectivity index (χ3n) is 4.06. The van der Waals surface area contributed by atoms with Gasteiger partial charge in [-0.2, -0.15) is 0 Å². The number of piperazine rings is 1. The molecular weight excluding hydrogens is 365 g/mol. The van der Waals surface area contributed by atoms with Gasteiger partial charge in [-0.05, 0) is 36.4 Å². The minimum absolute atomic E-state index is 0. The van der Waals surface area contributed by atoms with Crippen LogP contribution in [0.25, 0.3) is 0 Å². The SMILES string of the molecule is O=C(c1ccccc1)N1CCN(c2ccc(NS(=O)(=O)[O-])cc2)CC1.[Na+]. The molecule has 1 heterocycles.